The summed E-state index contributed by atoms with van der Waals surface area (Å²) < 4.78 is 10.5. The molecule has 1 N–H and O–H groups in total. The van der Waals surface area contributed by atoms with E-state index in [2.05, 4.69) is 11.4 Å². The van der Waals surface area contributed by atoms with Crippen molar-refractivity contribution in [3.05, 3.63) is 39.8 Å². The molecule has 0 unspecified atom stereocenters. The predicted molar refractivity (Wildman–Crippen MR) is 97.6 cm³/mol. The van der Waals surface area contributed by atoms with E-state index in [9.17, 15) is 10.1 Å². The largest absolute Gasteiger partial charge is 0.493 e. The molecule has 1 aromatic carbocycles. The van der Waals surface area contributed by atoms with Crippen LogP contribution >= 0.6 is 11.3 Å². The lowest BCUT2D eigenvalue weighted by atomic mass is 9.96. The molecule has 130 valence electrons. The van der Waals surface area contributed by atoms with Crippen LogP contribution in [0, 0.1) is 11.3 Å². The van der Waals surface area contributed by atoms with Gasteiger partial charge in [-0.05, 0) is 48.9 Å². The minimum atomic E-state index is -0.137. The van der Waals surface area contributed by atoms with Gasteiger partial charge in [0.25, 0.3) is 0 Å². The number of amides is 1. The highest BCUT2D eigenvalue weighted by Crippen LogP contribution is 2.37. The van der Waals surface area contributed by atoms with Crippen LogP contribution in [0.2, 0.25) is 0 Å². The zero-order valence-corrected chi connectivity index (χ0v) is 15.2. The van der Waals surface area contributed by atoms with Crippen molar-refractivity contribution in [3.8, 4) is 17.6 Å². The van der Waals surface area contributed by atoms with Crippen molar-refractivity contribution in [1.29, 1.82) is 5.26 Å². The monoisotopic (exact) mass is 356 g/mol. The Morgan fingerprint density at radius 2 is 2.00 bits per heavy atom. The number of hydrogen-bond acceptors (Lipinski definition) is 5. The molecule has 0 radical (unpaired) electrons. The molecule has 1 aliphatic rings. The van der Waals surface area contributed by atoms with Gasteiger partial charge in [0.15, 0.2) is 11.5 Å². The average molecular weight is 356 g/mol. The third-order valence-corrected chi connectivity index (χ3v) is 5.56. The van der Waals surface area contributed by atoms with E-state index in [0.717, 1.165) is 36.8 Å². The number of fused-ring (bicyclic) bond motifs is 1. The van der Waals surface area contributed by atoms with Gasteiger partial charge in [-0.2, -0.15) is 5.26 Å². The third kappa shape index (κ3) is 3.62. The van der Waals surface area contributed by atoms with Crippen molar-refractivity contribution < 1.29 is 14.3 Å². The predicted octanol–water partition coefficient (Wildman–Crippen LogP) is 3.70. The maximum absolute atomic E-state index is 12.4. The second kappa shape index (κ2) is 7.58. The molecule has 0 saturated carbocycles. The van der Waals surface area contributed by atoms with E-state index in [1.165, 1.54) is 4.88 Å². The Hall–Kier alpha value is -2.52. The van der Waals surface area contributed by atoms with Crippen molar-refractivity contribution >= 4 is 22.2 Å². The summed E-state index contributed by atoms with van der Waals surface area (Å²) in [7, 11) is 3.14. The van der Waals surface area contributed by atoms with Crippen molar-refractivity contribution in [2.75, 3.05) is 19.5 Å². The Balaban J connectivity index is 1.75. The van der Waals surface area contributed by atoms with E-state index >= 15 is 0 Å². The van der Waals surface area contributed by atoms with Crippen LogP contribution in [0.1, 0.15) is 34.4 Å². The number of benzene rings is 1. The Morgan fingerprint density at radius 3 is 2.72 bits per heavy atom. The minimum Gasteiger partial charge on any atom is -0.493 e. The topological polar surface area (TPSA) is 71.3 Å². The summed E-state index contributed by atoms with van der Waals surface area (Å²) >= 11 is 1.54. The summed E-state index contributed by atoms with van der Waals surface area (Å²) in [5.41, 5.74) is 2.59. The highest BCUT2D eigenvalue weighted by Gasteiger charge is 2.21. The summed E-state index contributed by atoms with van der Waals surface area (Å²) in [6.45, 7) is 0. The first-order valence-corrected chi connectivity index (χ1v) is 9.03. The van der Waals surface area contributed by atoms with Crippen LogP contribution in [0.5, 0.6) is 11.5 Å². The van der Waals surface area contributed by atoms with Gasteiger partial charge >= 0.3 is 0 Å². The number of nitriles is 1. The van der Waals surface area contributed by atoms with Gasteiger partial charge in [-0.1, -0.05) is 6.07 Å². The molecule has 1 heterocycles. The van der Waals surface area contributed by atoms with E-state index in [4.69, 9.17) is 9.47 Å². The molecular weight excluding hydrogens is 336 g/mol. The fraction of sp³-hybridized carbons (Fsp3) is 0.368. The molecule has 25 heavy (non-hydrogen) atoms. The van der Waals surface area contributed by atoms with Crippen LogP contribution < -0.4 is 14.8 Å². The molecule has 5 nitrogen and oxygen atoms in total. The van der Waals surface area contributed by atoms with E-state index in [0.29, 0.717) is 22.1 Å². The van der Waals surface area contributed by atoms with Crippen molar-refractivity contribution in [2.45, 2.75) is 32.1 Å². The lowest BCUT2D eigenvalue weighted by Crippen LogP contribution is -2.14. The summed E-state index contributed by atoms with van der Waals surface area (Å²) in [6.07, 6.45) is 4.41. The molecule has 1 amide bonds. The molecule has 1 aliphatic carbocycles. The number of anilines is 1. The van der Waals surface area contributed by atoms with Gasteiger partial charge < -0.3 is 14.8 Å². The second-order valence-electron chi connectivity index (χ2n) is 5.94. The number of methoxy groups -OCH3 is 2. The van der Waals surface area contributed by atoms with E-state index in [1.54, 1.807) is 37.7 Å². The Kier molecular flexibility index (Phi) is 5.25. The number of thiophene rings is 1. The van der Waals surface area contributed by atoms with Crippen LogP contribution in [0.3, 0.4) is 0 Å². The normalized spacial score (nSPS) is 12.8. The minimum absolute atomic E-state index is 0.137. The fourth-order valence-corrected chi connectivity index (χ4v) is 4.37. The van der Waals surface area contributed by atoms with Gasteiger partial charge in [0.05, 0.1) is 26.2 Å². The van der Waals surface area contributed by atoms with Gasteiger partial charge in [-0.25, -0.2) is 0 Å². The number of ether oxygens (including phenoxy) is 2. The highest BCUT2D eigenvalue weighted by atomic mass is 32.1. The number of carbonyl (C=O) groups excluding carboxylic acids is 1. The van der Waals surface area contributed by atoms with Gasteiger partial charge in [0.1, 0.15) is 11.1 Å². The number of rotatable bonds is 5. The summed E-state index contributed by atoms with van der Waals surface area (Å²) in [5.74, 6) is 1.09. The molecule has 0 fully saturated rings. The first kappa shape index (κ1) is 17.3. The second-order valence-corrected chi connectivity index (χ2v) is 7.05. The zero-order valence-electron chi connectivity index (χ0n) is 14.3. The van der Waals surface area contributed by atoms with Crippen molar-refractivity contribution in [3.63, 3.8) is 0 Å². The number of aryl methyl sites for hydroxylation is 1. The number of carbonyl (C=O) groups is 1. The standard InChI is InChI=1S/C19H20N2O3S/c1-23-15-8-7-12(9-16(15)24-2)10-18(22)21-19-14(11-20)13-5-3-4-6-17(13)25-19/h7-9H,3-6,10H2,1-2H3,(H,21,22). The zero-order chi connectivity index (χ0) is 17.8. The van der Waals surface area contributed by atoms with Gasteiger partial charge in [0.2, 0.25) is 5.91 Å². The molecular formula is C19H20N2O3S. The summed E-state index contributed by atoms with van der Waals surface area (Å²) in [5, 5.41) is 13.1. The molecule has 2 aromatic rings. The Bertz CT molecular complexity index is 836. The first-order chi connectivity index (χ1) is 12.2. The molecule has 0 aliphatic heterocycles. The molecule has 0 spiro atoms. The smallest absolute Gasteiger partial charge is 0.229 e. The fourth-order valence-electron chi connectivity index (χ4n) is 3.12. The quantitative estimate of drug-likeness (QED) is 0.887. The van der Waals surface area contributed by atoms with Crippen LogP contribution in [0.15, 0.2) is 18.2 Å². The molecule has 0 saturated heterocycles. The molecule has 0 atom stereocenters. The van der Waals surface area contributed by atoms with Gasteiger partial charge in [0, 0.05) is 4.88 Å². The number of hydrogen-bond donors (Lipinski definition) is 1. The summed E-state index contributed by atoms with van der Waals surface area (Å²) in [4.78, 5) is 13.7. The van der Waals surface area contributed by atoms with Crippen LogP contribution in [-0.2, 0) is 24.1 Å². The Morgan fingerprint density at radius 1 is 1.24 bits per heavy atom. The molecule has 3 rings (SSSR count). The maximum atomic E-state index is 12.4. The summed E-state index contributed by atoms with van der Waals surface area (Å²) in [6, 6.07) is 7.68. The van der Waals surface area contributed by atoms with E-state index in [-0.39, 0.29) is 12.3 Å². The van der Waals surface area contributed by atoms with Crippen LogP contribution in [-0.4, -0.2) is 20.1 Å². The van der Waals surface area contributed by atoms with Gasteiger partial charge in [-0.15, -0.1) is 11.3 Å². The lowest BCUT2D eigenvalue weighted by Gasteiger charge is -2.10. The third-order valence-electron chi connectivity index (χ3n) is 4.35. The van der Waals surface area contributed by atoms with Crippen LogP contribution in [0.4, 0.5) is 5.00 Å². The SMILES string of the molecule is COc1ccc(CC(=O)Nc2sc3c(c2C#N)CCCC3)cc1OC. The molecule has 0 bridgehead atoms. The van der Waals surface area contributed by atoms with Crippen LogP contribution in [0.25, 0.3) is 0 Å². The number of nitrogens with zero attached hydrogens (tertiary/aromatic N) is 1. The first-order valence-electron chi connectivity index (χ1n) is 8.21. The van der Waals surface area contributed by atoms with Gasteiger partial charge in [-0.3, -0.25) is 4.79 Å². The highest BCUT2D eigenvalue weighted by molar-refractivity contribution is 7.16. The average Bonchev–Trinajstić information content (AvgIpc) is 2.98. The lowest BCUT2D eigenvalue weighted by molar-refractivity contribution is -0.115. The molecule has 1 aromatic heterocycles. The Labute approximate surface area is 151 Å². The van der Waals surface area contributed by atoms with Crippen molar-refractivity contribution in [1.82, 2.24) is 0 Å². The van der Waals surface area contributed by atoms with E-state index < -0.39 is 0 Å². The van der Waals surface area contributed by atoms with E-state index in [1.807, 2.05) is 6.07 Å². The number of nitrogens with one attached hydrogen (secondary N) is 1. The maximum Gasteiger partial charge on any atom is 0.229 e. The molecule has 6 heteroatoms. The van der Waals surface area contributed by atoms with Crippen molar-refractivity contribution in [2.24, 2.45) is 0 Å².